The fourth-order valence-electron chi connectivity index (χ4n) is 1.91. The van der Waals surface area contributed by atoms with Crippen LogP contribution in [0, 0.1) is 6.92 Å². The van der Waals surface area contributed by atoms with Crippen LogP contribution in [0.25, 0.3) is 11.3 Å². The third kappa shape index (κ3) is 4.47. The van der Waals surface area contributed by atoms with Crippen LogP contribution in [0.15, 0.2) is 17.4 Å². The first-order chi connectivity index (χ1) is 11.2. The Morgan fingerprint density at radius 2 is 2.08 bits per heavy atom. The molecule has 2 aromatic heterocycles. The average Bonchev–Trinajstić information content (AvgIpc) is 2.82. The first-order valence-corrected chi connectivity index (χ1v) is 7.97. The van der Waals surface area contributed by atoms with Gasteiger partial charge in [-0.25, -0.2) is 9.97 Å². The monoisotopic (exact) mass is 360 g/mol. The maximum atomic E-state index is 13.1. The van der Waals surface area contributed by atoms with E-state index in [2.05, 4.69) is 15.1 Å². The number of alkyl halides is 3. The number of aromatic nitrogens is 4. The first kappa shape index (κ1) is 18.2. The summed E-state index contributed by atoms with van der Waals surface area (Å²) in [7, 11) is 1.69. The van der Waals surface area contributed by atoms with Gasteiger partial charge in [-0.05, 0) is 19.4 Å². The van der Waals surface area contributed by atoms with Crippen molar-refractivity contribution in [1.82, 2.24) is 19.7 Å². The summed E-state index contributed by atoms with van der Waals surface area (Å²) < 4.78 is 40.7. The van der Waals surface area contributed by atoms with Crippen molar-refractivity contribution in [2.24, 2.45) is 7.05 Å². The van der Waals surface area contributed by atoms with E-state index in [4.69, 9.17) is 5.11 Å². The Hall–Kier alpha value is -2.10. The lowest BCUT2D eigenvalue weighted by atomic mass is 10.1. The van der Waals surface area contributed by atoms with Crippen LogP contribution in [0.4, 0.5) is 13.2 Å². The van der Waals surface area contributed by atoms with Crippen LogP contribution in [0.5, 0.6) is 0 Å². The number of nitrogens with zero attached hydrogens (tertiary/aromatic N) is 4. The van der Waals surface area contributed by atoms with Crippen molar-refractivity contribution >= 4 is 17.7 Å². The lowest BCUT2D eigenvalue weighted by molar-refractivity contribution is -0.141. The van der Waals surface area contributed by atoms with E-state index in [0.29, 0.717) is 23.4 Å². The van der Waals surface area contributed by atoms with Gasteiger partial charge in [0.05, 0.1) is 11.9 Å². The van der Waals surface area contributed by atoms with Crippen LogP contribution in [-0.2, 0) is 18.0 Å². The fourth-order valence-corrected chi connectivity index (χ4v) is 2.71. The number of hydrogen-bond acceptors (Lipinski definition) is 5. The highest BCUT2D eigenvalue weighted by molar-refractivity contribution is 7.99. The van der Waals surface area contributed by atoms with Gasteiger partial charge in [0.2, 0.25) is 0 Å². The molecule has 0 aliphatic carbocycles. The zero-order chi connectivity index (χ0) is 17.9. The molecule has 10 heteroatoms. The summed E-state index contributed by atoms with van der Waals surface area (Å²) in [6, 6.07) is 0.894. The second kappa shape index (κ2) is 7.20. The molecule has 0 saturated heterocycles. The van der Waals surface area contributed by atoms with E-state index < -0.39 is 17.8 Å². The van der Waals surface area contributed by atoms with Gasteiger partial charge >= 0.3 is 12.1 Å². The highest BCUT2D eigenvalue weighted by atomic mass is 32.2. The SMILES string of the molecule is Cc1c(-c2cc(C(F)(F)F)nc(SCCCC(=O)O)n2)cnn1C. The van der Waals surface area contributed by atoms with Crippen LogP contribution in [0.1, 0.15) is 24.2 Å². The molecule has 2 heterocycles. The van der Waals surface area contributed by atoms with Crippen molar-refractivity contribution in [3.8, 4) is 11.3 Å². The van der Waals surface area contributed by atoms with Crippen molar-refractivity contribution in [3.63, 3.8) is 0 Å². The maximum Gasteiger partial charge on any atom is 0.433 e. The summed E-state index contributed by atoms with van der Waals surface area (Å²) in [5.74, 6) is -0.633. The number of aliphatic carboxylic acids is 1. The molecule has 0 bridgehead atoms. The number of halogens is 3. The molecular weight excluding hydrogens is 345 g/mol. The number of rotatable bonds is 6. The third-order valence-electron chi connectivity index (χ3n) is 3.27. The molecule has 0 aromatic carbocycles. The van der Waals surface area contributed by atoms with Gasteiger partial charge in [0.25, 0.3) is 0 Å². The smallest absolute Gasteiger partial charge is 0.433 e. The largest absolute Gasteiger partial charge is 0.481 e. The predicted octanol–water partition coefficient (Wildman–Crippen LogP) is 3.16. The van der Waals surface area contributed by atoms with Gasteiger partial charge in [0, 0.05) is 30.5 Å². The van der Waals surface area contributed by atoms with Gasteiger partial charge in [-0.1, -0.05) is 11.8 Å². The third-order valence-corrected chi connectivity index (χ3v) is 4.21. The summed E-state index contributed by atoms with van der Waals surface area (Å²) in [6.07, 6.45) is -2.87. The topological polar surface area (TPSA) is 80.9 Å². The Kier molecular flexibility index (Phi) is 5.47. The summed E-state index contributed by atoms with van der Waals surface area (Å²) in [5.41, 5.74) is 0.293. The Balaban J connectivity index is 2.32. The molecule has 2 aromatic rings. The molecule has 0 saturated carbocycles. The molecule has 0 aliphatic heterocycles. The van der Waals surface area contributed by atoms with Crippen LogP contribution in [0.2, 0.25) is 0 Å². The Morgan fingerprint density at radius 3 is 2.62 bits per heavy atom. The van der Waals surface area contributed by atoms with Gasteiger partial charge in [-0.2, -0.15) is 18.3 Å². The fraction of sp³-hybridized carbons (Fsp3) is 0.429. The van der Waals surface area contributed by atoms with Gasteiger partial charge in [-0.3, -0.25) is 9.48 Å². The number of aryl methyl sites for hydroxylation is 1. The minimum atomic E-state index is -4.59. The van der Waals surface area contributed by atoms with E-state index >= 15 is 0 Å². The number of hydrogen-bond donors (Lipinski definition) is 1. The van der Waals surface area contributed by atoms with E-state index in [9.17, 15) is 18.0 Å². The lowest BCUT2D eigenvalue weighted by Crippen LogP contribution is -2.10. The minimum absolute atomic E-state index is 0.0338. The molecule has 1 N–H and O–H groups in total. The van der Waals surface area contributed by atoms with E-state index in [1.54, 1.807) is 18.7 Å². The van der Waals surface area contributed by atoms with Crippen molar-refractivity contribution in [1.29, 1.82) is 0 Å². The van der Waals surface area contributed by atoms with E-state index in [0.717, 1.165) is 17.8 Å². The molecule has 0 atom stereocenters. The highest BCUT2D eigenvalue weighted by Gasteiger charge is 2.34. The lowest BCUT2D eigenvalue weighted by Gasteiger charge is -2.10. The number of thioether (sulfide) groups is 1. The van der Waals surface area contributed by atoms with Crippen molar-refractivity contribution in [3.05, 3.63) is 23.7 Å². The normalized spacial score (nSPS) is 11.7. The van der Waals surface area contributed by atoms with Gasteiger partial charge < -0.3 is 5.11 Å². The second-order valence-electron chi connectivity index (χ2n) is 5.03. The van der Waals surface area contributed by atoms with E-state index in [1.807, 2.05) is 0 Å². The Morgan fingerprint density at radius 1 is 1.38 bits per heavy atom. The van der Waals surface area contributed by atoms with Crippen molar-refractivity contribution in [2.75, 3.05) is 5.75 Å². The standard InChI is InChI=1S/C14H15F3N4O2S/c1-8-9(7-18-21(8)2)10-6-11(14(15,16)17)20-13(19-10)24-5-3-4-12(22)23/h6-7H,3-5H2,1-2H3,(H,22,23). The van der Waals surface area contributed by atoms with Crippen LogP contribution in [-0.4, -0.2) is 36.6 Å². The predicted molar refractivity (Wildman–Crippen MR) is 81.6 cm³/mol. The second-order valence-corrected chi connectivity index (χ2v) is 6.09. The van der Waals surface area contributed by atoms with Gasteiger partial charge in [0.15, 0.2) is 5.16 Å². The molecule has 0 radical (unpaired) electrons. The molecular formula is C14H15F3N4O2S. The Labute approximate surface area is 140 Å². The zero-order valence-electron chi connectivity index (χ0n) is 13.0. The summed E-state index contributed by atoms with van der Waals surface area (Å²) >= 11 is 1.00. The average molecular weight is 360 g/mol. The van der Waals surface area contributed by atoms with Crippen molar-refractivity contribution in [2.45, 2.75) is 31.1 Å². The summed E-state index contributed by atoms with van der Waals surface area (Å²) in [4.78, 5) is 18.2. The molecule has 0 aliphatic rings. The number of carboxylic acid groups (broad SMARTS) is 1. The molecule has 24 heavy (non-hydrogen) atoms. The number of carboxylic acids is 1. The van der Waals surface area contributed by atoms with Crippen LogP contribution >= 0.6 is 11.8 Å². The molecule has 2 rings (SSSR count). The summed E-state index contributed by atoms with van der Waals surface area (Å²) in [5, 5.41) is 12.6. The van der Waals surface area contributed by atoms with Gasteiger partial charge in [-0.15, -0.1) is 0 Å². The zero-order valence-corrected chi connectivity index (χ0v) is 13.8. The molecule has 0 amide bonds. The summed E-state index contributed by atoms with van der Waals surface area (Å²) in [6.45, 7) is 1.73. The number of carbonyl (C=O) groups is 1. The van der Waals surface area contributed by atoms with Crippen LogP contribution in [0.3, 0.4) is 0 Å². The Bertz CT molecular complexity index is 746. The highest BCUT2D eigenvalue weighted by Crippen LogP contribution is 2.32. The molecule has 0 fully saturated rings. The van der Waals surface area contributed by atoms with Crippen molar-refractivity contribution < 1.29 is 23.1 Å². The van der Waals surface area contributed by atoms with E-state index in [1.165, 1.54) is 6.20 Å². The molecule has 0 unspecified atom stereocenters. The van der Waals surface area contributed by atoms with Crippen LogP contribution < -0.4 is 0 Å². The first-order valence-electron chi connectivity index (χ1n) is 6.98. The van der Waals surface area contributed by atoms with Gasteiger partial charge in [0.1, 0.15) is 5.69 Å². The quantitative estimate of drug-likeness (QED) is 0.484. The maximum absolute atomic E-state index is 13.1. The minimum Gasteiger partial charge on any atom is -0.481 e. The molecule has 6 nitrogen and oxygen atoms in total. The molecule has 130 valence electrons. The van der Waals surface area contributed by atoms with E-state index in [-0.39, 0.29) is 17.3 Å². The molecule has 0 spiro atoms.